The van der Waals surface area contributed by atoms with Crippen molar-refractivity contribution >= 4 is 0 Å². The van der Waals surface area contributed by atoms with E-state index < -0.39 is 0 Å². The van der Waals surface area contributed by atoms with Gasteiger partial charge in [-0.15, -0.1) is 0 Å². The second-order valence-electron chi connectivity index (χ2n) is 5.57. The quantitative estimate of drug-likeness (QED) is 0.813. The van der Waals surface area contributed by atoms with Gasteiger partial charge in [-0.25, -0.2) is 0 Å². The molecule has 0 radical (unpaired) electrons. The van der Waals surface area contributed by atoms with Crippen LogP contribution < -0.4 is 5.32 Å². The van der Waals surface area contributed by atoms with E-state index >= 15 is 0 Å². The van der Waals surface area contributed by atoms with E-state index in [9.17, 15) is 0 Å². The summed E-state index contributed by atoms with van der Waals surface area (Å²) >= 11 is 0. The SMILES string of the molecule is CCCNC1CCCCC1N1CCOCC1C. The zero-order valence-electron chi connectivity index (χ0n) is 11.5. The van der Waals surface area contributed by atoms with E-state index in [1.165, 1.54) is 38.6 Å². The van der Waals surface area contributed by atoms with Crippen molar-refractivity contribution in [3.63, 3.8) is 0 Å². The lowest BCUT2D eigenvalue weighted by atomic mass is 9.88. The molecule has 2 fully saturated rings. The maximum absolute atomic E-state index is 5.56. The summed E-state index contributed by atoms with van der Waals surface area (Å²) in [5, 5.41) is 3.76. The molecule has 0 spiro atoms. The van der Waals surface area contributed by atoms with E-state index in [-0.39, 0.29) is 0 Å². The molecule has 17 heavy (non-hydrogen) atoms. The molecule has 0 bridgehead atoms. The molecule has 1 heterocycles. The van der Waals surface area contributed by atoms with Crippen LogP contribution in [0, 0.1) is 0 Å². The van der Waals surface area contributed by atoms with Crippen LogP contribution in [0.3, 0.4) is 0 Å². The van der Waals surface area contributed by atoms with Gasteiger partial charge < -0.3 is 10.1 Å². The molecule has 0 amide bonds. The summed E-state index contributed by atoms with van der Waals surface area (Å²) in [6.07, 6.45) is 6.76. The topological polar surface area (TPSA) is 24.5 Å². The van der Waals surface area contributed by atoms with Gasteiger partial charge in [-0.2, -0.15) is 0 Å². The summed E-state index contributed by atoms with van der Waals surface area (Å²) in [5.74, 6) is 0. The van der Waals surface area contributed by atoms with Gasteiger partial charge in [0.1, 0.15) is 0 Å². The van der Waals surface area contributed by atoms with Gasteiger partial charge in [0.25, 0.3) is 0 Å². The lowest BCUT2D eigenvalue weighted by molar-refractivity contribution is -0.0367. The molecule has 1 saturated carbocycles. The molecular weight excluding hydrogens is 212 g/mol. The van der Waals surface area contributed by atoms with Gasteiger partial charge in [-0.3, -0.25) is 4.90 Å². The molecule has 0 aromatic heterocycles. The van der Waals surface area contributed by atoms with Crippen molar-refractivity contribution in [2.24, 2.45) is 0 Å². The highest BCUT2D eigenvalue weighted by molar-refractivity contribution is 4.91. The molecule has 3 heteroatoms. The second kappa shape index (κ2) is 6.72. The Morgan fingerprint density at radius 1 is 1.29 bits per heavy atom. The van der Waals surface area contributed by atoms with Crippen molar-refractivity contribution in [2.45, 2.75) is 64.1 Å². The zero-order chi connectivity index (χ0) is 12.1. The largest absolute Gasteiger partial charge is 0.379 e. The minimum atomic E-state index is 0.595. The fourth-order valence-electron chi connectivity index (χ4n) is 3.31. The monoisotopic (exact) mass is 240 g/mol. The molecule has 2 aliphatic rings. The van der Waals surface area contributed by atoms with Gasteiger partial charge in [0, 0.05) is 24.7 Å². The summed E-state index contributed by atoms with van der Waals surface area (Å²) in [4.78, 5) is 2.69. The number of hydrogen-bond acceptors (Lipinski definition) is 3. The molecule has 3 nitrogen and oxygen atoms in total. The first-order valence-corrected chi connectivity index (χ1v) is 7.39. The molecule has 0 aromatic carbocycles. The maximum Gasteiger partial charge on any atom is 0.0619 e. The van der Waals surface area contributed by atoms with Gasteiger partial charge in [-0.05, 0) is 32.7 Å². The van der Waals surface area contributed by atoms with E-state index in [1.807, 2.05) is 0 Å². The van der Waals surface area contributed by atoms with Crippen molar-refractivity contribution in [3.05, 3.63) is 0 Å². The minimum Gasteiger partial charge on any atom is -0.379 e. The van der Waals surface area contributed by atoms with Crippen LogP contribution in [0.5, 0.6) is 0 Å². The average molecular weight is 240 g/mol. The molecule has 1 N–H and O–H groups in total. The van der Waals surface area contributed by atoms with Gasteiger partial charge in [0.15, 0.2) is 0 Å². The van der Waals surface area contributed by atoms with E-state index in [1.54, 1.807) is 0 Å². The molecule has 1 saturated heterocycles. The van der Waals surface area contributed by atoms with Crippen LogP contribution in [0.1, 0.15) is 46.0 Å². The van der Waals surface area contributed by atoms with Crippen molar-refractivity contribution in [3.8, 4) is 0 Å². The van der Waals surface area contributed by atoms with Gasteiger partial charge in [-0.1, -0.05) is 19.8 Å². The molecule has 1 aliphatic heterocycles. The first-order chi connectivity index (χ1) is 8.33. The van der Waals surface area contributed by atoms with E-state index in [0.717, 1.165) is 25.8 Å². The van der Waals surface area contributed by atoms with E-state index in [0.29, 0.717) is 12.1 Å². The number of rotatable bonds is 4. The molecule has 100 valence electrons. The zero-order valence-corrected chi connectivity index (χ0v) is 11.5. The van der Waals surface area contributed by atoms with Crippen molar-refractivity contribution in [1.82, 2.24) is 10.2 Å². The number of hydrogen-bond donors (Lipinski definition) is 1. The van der Waals surface area contributed by atoms with Crippen LogP contribution in [0.25, 0.3) is 0 Å². The van der Waals surface area contributed by atoms with Crippen molar-refractivity contribution < 1.29 is 4.74 Å². The molecule has 0 aromatic rings. The summed E-state index contributed by atoms with van der Waals surface area (Å²) in [6, 6.07) is 2.05. The first-order valence-electron chi connectivity index (χ1n) is 7.39. The Morgan fingerprint density at radius 3 is 2.88 bits per heavy atom. The summed E-state index contributed by atoms with van der Waals surface area (Å²) in [6.45, 7) is 8.68. The predicted octanol–water partition coefficient (Wildman–Crippen LogP) is 2.02. The normalized spacial score (nSPS) is 36.0. The Kier molecular flexibility index (Phi) is 5.26. The second-order valence-corrected chi connectivity index (χ2v) is 5.57. The van der Waals surface area contributed by atoms with Crippen molar-refractivity contribution in [2.75, 3.05) is 26.3 Å². The van der Waals surface area contributed by atoms with Crippen LogP contribution in [0.4, 0.5) is 0 Å². The molecule has 3 atom stereocenters. The summed E-state index contributed by atoms with van der Waals surface area (Å²) in [7, 11) is 0. The van der Waals surface area contributed by atoms with Gasteiger partial charge >= 0.3 is 0 Å². The number of morpholine rings is 1. The summed E-state index contributed by atoms with van der Waals surface area (Å²) in [5.41, 5.74) is 0. The number of nitrogens with one attached hydrogen (secondary N) is 1. The Labute approximate surface area is 106 Å². The molecule has 3 unspecified atom stereocenters. The van der Waals surface area contributed by atoms with Crippen LogP contribution >= 0.6 is 0 Å². The summed E-state index contributed by atoms with van der Waals surface area (Å²) < 4.78 is 5.56. The Bertz CT molecular complexity index is 222. The lowest BCUT2D eigenvalue weighted by Crippen LogP contribution is -2.58. The maximum atomic E-state index is 5.56. The third-order valence-electron chi connectivity index (χ3n) is 4.23. The molecular formula is C14H28N2O. The fourth-order valence-corrected chi connectivity index (χ4v) is 3.31. The highest BCUT2D eigenvalue weighted by Gasteiger charge is 2.33. The van der Waals surface area contributed by atoms with Crippen LogP contribution in [0.2, 0.25) is 0 Å². The van der Waals surface area contributed by atoms with E-state index in [4.69, 9.17) is 4.74 Å². The Hall–Kier alpha value is -0.120. The third kappa shape index (κ3) is 3.43. The standard InChI is InChI=1S/C14H28N2O/c1-3-8-15-13-6-4-5-7-14(13)16-9-10-17-11-12(16)2/h12-15H,3-11H2,1-2H3. The molecule has 1 aliphatic carbocycles. The Balaban J connectivity index is 1.94. The Morgan fingerprint density at radius 2 is 2.12 bits per heavy atom. The average Bonchev–Trinajstić information content (AvgIpc) is 2.37. The van der Waals surface area contributed by atoms with Gasteiger partial charge in [0.2, 0.25) is 0 Å². The highest BCUT2D eigenvalue weighted by Crippen LogP contribution is 2.26. The van der Waals surface area contributed by atoms with Crippen molar-refractivity contribution in [1.29, 1.82) is 0 Å². The first kappa shape index (κ1) is 13.3. The highest BCUT2D eigenvalue weighted by atomic mass is 16.5. The van der Waals surface area contributed by atoms with Crippen LogP contribution in [-0.4, -0.2) is 49.3 Å². The predicted molar refractivity (Wildman–Crippen MR) is 71.3 cm³/mol. The smallest absolute Gasteiger partial charge is 0.0619 e. The van der Waals surface area contributed by atoms with Gasteiger partial charge in [0.05, 0.1) is 13.2 Å². The molecule has 2 rings (SSSR count). The lowest BCUT2D eigenvalue weighted by Gasteiger charge is -2.45. The number of nitrogens with zero attached hydrogens (tertiary/aromatic N) is 1. The number of ether oxygens (including phenoxy) is 1. The van der Waals surface area contributed by atoms with Crippen LogP contribution in [0.15, 0.2) is 0 Å². The minimum absolute atomic E-state index is 0.595. The third-order valence-corrected chi connectivity index (χ3v) is 4.23. The fraction of sp³-hybridized carbons (Fsp3) is 1.00. The van der Waals surface area contributed by atoms with Crippen LogP contribution in [-0.2, 0) is 4.74 Å². The van der Waals surface area contributed by atoms with E-state index in [2.05, 4.69) is 24.1 Å².